The van der Waals surface area contributed by atoms with Crippen LogP contribution in [0.3, 0.4) is 0 Å². The Balaban J connectivity index is 5.33. The highest BCUT2D eigenvalue weighted by atomic mass is 31.2. The van der Waals surface area contributed by atoms with E-state index in [0.717, 1.165) is 83.5 Å². The van der Waals surface area contributed by atoms with E-state index in [0.29, 0.717) is 17.4 Å². The molecule has 0 aromatic rings. The van der Waals surface area contributed by atoms with Crippen molar-refractivity contribution in [2.24, 2.45) is 0 Å². The average molecular weight is 992 g/mol. The summed E-state index contributed by atoms with van der Waals surface area (Å²) in [5.74, 6) is -0.551. The van der Waals surface area contributed by atoms with Gasteiger partial charge in [-0.25, -0.2) is 0 Å². The maximum absolute atomic E-state index is 13.4. The Bertz CT molecular complexity index is 1330. The van der Waals surface area contributed by atoms with Crippen molar-refractivity contribution in [2.45, 2.75) is 277 Å². The van der Waals surface area contributed by atoms with Gasteiger partial charge < -0.3 is 28.5 Å². The van der Waals surface area contributed by atoms with Crippen LogP contribution in [0.5, 0.6) is 0 Å². The van der Waals surface area contributed by atoms with E-state index in [4.69, 9.17) is 13.8 Å². The quantitative estimate of drug-likeness (QED) is 0.0212. The molecule has 0 fully saturated rings. The lowest BCUT2D eigenvalue weighted by Crippen LogP contribution is -2.47. The first-order chi connectivity index (χ1) is 33.4. The van der Waals surface area contributed by atoms with E-state index >= 15 is 0 Å². The third-order valence-corrected chi connectivity index (χ3v) is 13.7. The number of nitrogens with one attached hydrogen (secondary N) is 1. The van der Waals surface area contributed by atoms with Crippen molar-refractivity contribution in [2.75, 3.05) is 40.9 Å². The van der Waals surface area contributed by atoms with E-state index in [-0.39, 0.29) is 24.9 Å². The number of phosphoric acid groups is 1. The Morgan fingerprint density at radius 2 is 0.884 bits per heavy atom. The molecule has 0 bridgehead atoms. The number of rotatable bonds is 52. The Morgan fingerprint density at radius 1 is 0.507 bits per heavy atom. The third kappa shape index (κ3) is 50.7. The molecule has 0 aliphatic heterocycles. The van der Waals surface area contributed by atoms with Gasteiger partial charge in [-0.15, -0.1) is 0 Å². The highest BCUT2D eigenvalue weighted by Crippen LogP contribution is 2.38. The minimum absolute atomic E-state index is 0.0238. The van der Waals surface area contributed by atoms with Crippen molar-refractivity contribution in [1.82, 2.24) is 5.32 Å². The zero-order valence-corrected chi connectivity index (χ0v) is 46.9. The second-order valence-electron chi connectivity index (χ2n) is 20.8. The van der Waals surface area contributed by atoms with Gasteiger partial charge in [0.05, 0.1) is 33.8 Å². The van der Waals surface area contributed by atoms with Crippen molar-refractivity contribution in [3.8, 4) is 0 Å². The van der Waals surface area contributed by atoms with E-state index in [9.17, 15) is 19.0 Å². The molecule has 0 aromatic carbocycles. The minimum Gasteiger partial charge on any atom is -0.756 e. The van der Waals surface area contributed by atoms with Crippen LogP contribution in [0.2, 0.25) is 0 Å². The lowest BCUT2D eigenvalue weighted by Gasteiger charge is -2.30. The Labute approximate surface area is 427 Å². The summed E-state index contributed by atoms with van der Waals surface area (Å²) in [7, 11) is 1.18. The fourth-order valence-corrected chi connectivity index (χ4v) is 8.96. The molecule has 1 amide bonds. The molecular weight excluding hydrogens is 880 g/mol. The monoisotopic (exact) mass is 991 g/mol. The number of quaternary nitrogens is 1. The van der Waals surface area contributed by atoms with Crippen molar-refractivity contribution in [3.05, 3.63) is 48.6 Å². The zero-order chi connectivity index (χ0) is 50.8. The Kier molecular flexibility index (Phi) is 48.1. The molecule has 69 heavy (non-hydrogen) atoms. The summed E-state index contributed by atoms with van der Waals surface area (Å²) in [5, 5.41) is 3.02. The molecule has 3 unspecified atom stereocenters. The van der Waals surface area contributed by atoms with Crippen LogP contribution in [0.1, 0.15) is 265 Å². The second-order valence-corrected chi connectivity index (χ2v) is 22.2. The molecule has 0 aliphatic rings. The predicted molar refractivity (Wildman–Crippen MR) is 293 cm³/mol. The van der Waals surface area contributed by atoms with E-state index in [2.05, 4.69) is 62.5 Å². The number of hydrogen-bond donors (Lipinski definition) is 1. The van der Waals surface area contributed by atoms with Gasteiger partial charge in [-0.3, -0.25) is 14.2 Å². The Hall–Kier alpha value is -2.03. The summed E-state index contributed by atoms with van der Waals surface area (Å²) >= 11 is 0. The minimum atomic E-state index is -4.69. The summed E-state index contributed by atoms with van der Waals surface area (Å²) in [6.45, 7) is 6.81. The number of esters is 1. The molecule has 0 saturated heterocycles. The van der Waals surface area contributed by atoms with Gasteiger partial charge in [0.2, 0.25) is 5.91 Å². The SMILES string of the molecule is CCCCC/C=C\C/C=C\C/C=C\CCCCCCCCC(=O)OC(/C=C\CCCCCCCCCCCCC)C(COP(=O)([O-])OCC[N+](C)(C)C)NC(=O)CCCCCCCCCCCCC. The molecule has 404 valence electrons. The smallest absolute Gasteiger partial charge is 0.306 e. The fraction of sp³-hybridized carbons (Fsp3) is 0.831. The van der Waals surface area contributed by atoms with Crippen molar-refractivity contribution in [1.29, 1.82) is 0 Å². The number of phosphoric ester groups is 1. The number of allylic oxidation sites excluding steroid dienone is 7. The van der Waals surface area contributed by atoms with Crippen molar-refractivity contribution < 1.29 is 37.3 Å². The molecule has 9 nitrogen and oxygen atoms in total. The Morgan fingerprint density at radius 3 is 1.35 bits per heavy atom. The molecule has 0 aliphatic carbocycles. The first-order valence-corrected chi connectivity index (χ1v) is 30.4. The normalized spacial score (nSPS) is 14.1. The number of amides is 1. The standard InChI is InChI=1S/C59H111N2O7P/c1-7-10-13-16-19-22-25-27-28-29-30-31-32-34-37-40-43-46-49-52-59(63)68-57(50-47-44-41-38-36-33-26-23-20-17-14-11-8-2)56(55-67-69(64,65)66-54-53-61(4,5)6)60-58(62)51-48-45-42-39-35-24-21-18-15-12-9-3/h19,22,27-28,30-31,47,50,56-57H,7-18,20-21,23-26,29,32-46,48-49,51-55H2,1-6H3,(H-,60,62,64,65)/b22-19-,28-27-,31-30-,50-47-. The van der Waals surface area contributed by atoms with Gasteiger partial charge in [0.1, 0.15) is 19.3 Å². The van der Waals surface area contributed by atoms with Gasteiger partial charge in [-0.1, -0.05) is 230 Å². The van der Waals surface area contributed by atoms with Gasteiger partial charge in [0.25, 0.3) is 7.82 Å². The van der Waals surface area contributed by atoms with Gasteiger partial charge in [-0.2, -0.15) is 0 Å². The van der Waals surface area contributed by atoms with Crippen LogP contribution >= 0.6 is 7.82 Å². The zero-order valence-electron chi connectivity index (χ0n) is 46.0. The molecule has 0 rings (SSSR count). The second kappa shape index (κ2) is 49.5. The maximum Gasteiger partial charge on any atom is 0.306 e. The third-order valence-electron chi connectivity index (χ3n) is 12.8. The number of unbranched alkanes of at least 4 members (excludes halogenated alkanes) is 30. The van der Waals surface area contributed by atoms with Crippen LogP contribution in [0.25, 0.3) is 0 Å². The highest BCUT2D eigenvalue weighted by molar-refractivity contribution is 7.45. The van der Waals surface area contributed by atoms with Crippen LogP contribution in [-0.2, 0) is 27.9 Å². The van der Waals surface area contributed by atoms with Gasteiger partial charge in [0, 0.05) is 12.8 Å². The van der Waals surface area contributed by atoms with Crippen LogP contribution in [0.15, 0.2) is 48.6 Å². The van der Waals surface area contributed by atoms with Gasteiger partial charge in [0.15, 0.2) is 0 Å². The molecule has 0 aromatic heterocycles. The van der Waals surface area contributed by atoms with Crippen LogP contribution < -0.4 is 10.2 Å². The number of carbonyl (C=O) groups excluding carboxylic acids is 2. The van der Waals surface area contributed by atoms with E-state index in [1.165, 1.54) is 148 Å². The van der Waals surface area contributed by atoms with E-state index in [1.54, 1.807) is 0 Å². The topological polar surface area (TPSA) is 114 Å². The maximum atomic E-state index is 13.4. The first kappa shape index (κ1) is 67.0. The number of ether oxygens (including phenoxy) is 1. The molecule has 1 N–H and O–H groups in total. The van der Waals surface area contributed by atoms with E-state index < -0.39 is 26.6 Å². The molecular formula is C59H111N2O7P. The molecule has 0 radical (unpaired) electrons. The summed E-state index contributed by atoms with van der Waals surface area (Å²) in [4.78, 5) is 39.8. The number of likely N-dealkylation sites (N-methyl/N-ethyl adjacent to an activating group) is 1. The van der Waals surface area contributed by atoms with E-state index in [1.807, 2.05) is 33.3 Å². The summed E-state index contributed by atoms with van der Waals surface area (Å²) in [5.41, 5.74) is 0. The summed E-state index contributed by atoms with van der Waals surface area (Å²) < 4.78 is 30.2. The highest BCUT2D eigenvalue weighted by Gasteiger charge is 2.27. The number of carbonyl (C=O) groups is 2. The predicted octanol–water partition coefficient (Wildman–Crippen LogP) is 16.7. The van der Waals surface area contributed by atoms with Crippen LogP contribution in [0.4, 0.5) is 0 Å². The lowest BCUT2D eigenvalue weighted by atomic mass is 10.0. The van der Waals surface area contributed by atoms with Crippen molar-refractivity contribution >= 4 is 19.7 Å². The lowest BCUT2D eigenvalue weighted by molar-refractivity contribution is -0.870. The first-order valence-electron chi connectivity index (χ1n) is 28.9. The summed E-state index contributed by atoms with van der Waals surface area (Å²) in [6.07, 6.45) is 59.2. The summed E-state index contributed by atoms with van der Waals surface area (Å²) in [6, 6.07) is -0.890. The molecule has 3 atom stereocenters. The average Bonchev–Trinajstić information content (AvgIpc) is 3.31. The number of nitrogens with zero attached hydrogens (tertiary/aromatic N) is 1. The molecule has 0 saturated carbocycles. The molecule has 10 heteroatoms. The fourth-order valence-electron chi connectivity index (χ4n) is 8.23. The van der Waals surface area contributed by atoms with Gasteiger partial charge in [-0.05, 0) is 70.3 Å². The van der Waals surface area contributed by atoms with Crippen LogP contribution in [0, 0.1) is 0 Å². The molecule has 0 heterocycles. The molecule has 0 spiro atoms. The largest absolute Gasteiger partial charge is 0.756 e. The van der Waals surface area contributed by atoms with Crippen LogP contribution in [-0.4, -0.2) is 69.4 Å². The van der Waals surface area contributed by atoms with Crippen molar-refractivity contribution in [3.63, 3.8) is 0 Å². The van der Waals surface area contributed by atoms with Gasteiger partial charge >= 0.3 is 5.97 Å². The number of hydrogen-bond acceptors (Lipinski definition) is 7.